The molecule has 0 amide bonds. The summed E-state index contributed by atoms with van der Waals surface area (Å²) >= 11 is 0. The molecule has 0 radical (unpaired) electrons. The molecule has 0 aromatic carbocycles. The standard InChI is InChI=1S/C10H15N5/c11-6-9-13-8-15(14-9)10(7-12)4-2-1-3-5-10/h8H,1-5,7,12H2. The molecule has 2 N–H and O–H groups in total. The van der Waals surface area contributed by atoms with E-state index in [1.54, 1.807) is 11.0 Å². The van der Waals surface area contributed by atoms with Gasteiger partial charge in [0, 0.05) is 6.54 Å². The summed E-state index contributed by atoms with van der Waals surface area (Å²) in [5, 5.41) is 12.8. The molecule has 5 nitrogen and oxygen atoms in total. The van der Waals surface area contributed by atoms with Gasteiger partial charge in [0.05, 0.1) is 5.54 Å². The molecule has 0 unspecified atom stereocenters. The van der Waals surface area contributed by atoms with Crippen molar-refractivity contribution >= 4 is 0 Å². The molecule has 1 aromatic heterocycles. The Morgan fingerprint density at radius 2 is 2.20 bits per heavy atom. The Hall–Kier alpha value is -1.41. The van der Waals surface area contributed by atoms with Crippen LogP contribution in [-0.2, 0) is 5.54 Å². The maximum Gasteiger partial charge on any atom is 0.252 e. The summed E-state index contributed by atoms with van der Waals surface area (Å²) in [6, 6.07) is 1.94. The van der Waals surface area contributed by atoms with Crippen LogP contribution in [0.4, 0.5) is 0 Å². The summed E-state index contributed by atoms with van der Waals surface area (Å²) in [4.78, 5) is 3.94. The molecule has 1 aliphatic carbocycles. The summed E-state index contributed by atoms with van der Waals surface area (Å²) in [6.07, 6.45) is 7.34. The molecule has 1 aromatic rings. The van der Waals surface area contributed by atoms with E-state index >= 15 is 0 Å². The molecule has 80 valence electrons. The predicted molar refractivity (Wildman–Crippen MR) is 54.9 cm³/mol. The van der Waals surface area contributed by atoms with E-state index in [9.17, 15) is 0 Å². The number of nitrogens with zero attached hydrogens (tertiary/aromatic N) is 4. The van der Waals surface area contributed by atoms with Gasteiger partial charge in [-0.05, 0) is 12.8 Å². The highest BCUT2D eigenvalue weighted by molar-refractivity contribution is 5.07. The topological polar surface area (TPSA) is 80.5 Å². The molecule has 5 heteroatoms. The summed E-state index contributed by atoms with van der Waals surface area (Å²) in [5.41, 5.74) is 5.75. The van der Waals surface area contributed by atoms with E-state index in [2.05, 4.69) is 10.1 Å². The van der Waals surface area contributed by atoms with Crippen molar-refractivity contribution in [3.05, 3.63) is 12.2 Å². The zero-order valence-electron chi connectivity index (χ0n) is 8.69. The second kappa shape index (κ2) is 3.99. The van der Waals surface area contributed by atoms with Crippen LogP contribution in [0.3, 0.4) is 0 Å². The van der Waals surface area contributed by atoms with E-state index in [4.69, 9.17) is 11.0 Å². The summed E-state index contributed by atoms with van der Waals surface area (Å²) in [6.45, 7) is 0.571. The number of aromatic nitrogens is 3. The van der Waals surface area contributed by atoms with Crippen molar-refractivity contribution in [2.24, 2.45) is 5.73 Å². The first-order chi connectivity index (χ1) is 7.30. The number of hydrogen-bond donors (Lipinski definition) is 1. The number of nitrogens with two attached hydrogens (primary N) is 1. The first kappa shape index (κ1) is 10.1. The third kappa shape index (κ3) is 1.73. The fourth-order valence-corrected chi connectivity index (χ4v) is 2.28. The molecule has 0 aliphatic heterocycles. The molecule has 15 heavy (non-hydrogen) atoms. The molecule has 1 aliphatic rings. The highest BCUT2D eigenvalue weighted by Gasteiger charge is 2.33. The van der Waals surface area contributed by atoms with Gasteiger partial charge in [0.2, 0.25) is 0 Å². The van der Waals surface area contributed by atoms with Gasteiger partial charge in [0.1, 0.15) is 12.4 Å². The van der Waals surface area contributed by atoms with Gasteiger partial charge in [-0.3, -0.25) is 0 Å². The minimum absolute atomic E-state index is 0.0969. The van der Waals surface area contributed by atoms with Crippen LogP contribution in [-0.4, -0.2) is 21.3 Å². The zero-order valence-corrected chi connectivity index (χ0v) is 8.69. The molecular formula is C10H15N5. The maximum atomic E-state index is 8.69. The van der Waals surface area contributed by atoms with Crippen LogP contribution in [0.1, 0.15) is 37.9 Å². The van der Waals surface area contributed by atoms with Crippen molar-refractivity contribution in [2.45, 2.75) is 37.6 Å². The van der Waals surface area contributed by atoms with Gasteiger partial charge >= 0.3 is 0 Å². The van der Waals surface area contributed by atoms with Crippen LogP contribution in [0.15, 0.2) is 6.33 Å². The average molecular weight is 205 g/mol. The SMILES string of the molecule is N#Cc1ncn(C2(CN)CCCCC2)n1. The summed E-state index contributed by atoms with van der Waals surface area (Å²) in [5.74, 6) is 0.230. The number of hydrogen-bond acceptors (Lipinski definition) is 4. The molecule has 1 saturated carbocycles. The second-order valence-electron chi connectivity index (χ2n) is 4.11. The van der Waals surface area contributed by atoms with E-state index in [1.165, 1.54) is 19.3 Å². The van der Waals surface area contributed by atoms with Crippen molar-refractivity contribution in [3.8, 4) is 6.07 Å². The molecule has 0 atom stereocenters. The van der Waals surface area contributed by atoms with Gasteiger partial charge in [-0.15, -0.1) is 5.10 Å². The second-order valence-corrected chi connectivity index (χ2v) is 4.11. The smallest absolute Gasteiger partial charge is 0.252 e. The number of rotatable bonds is 2. The first-order valence-corrected chi connectivity index (χ1v) is 5.33. The Morgan fingerprint density at radius 3 is 2.73 bits per heavy atom. The maximum absolute atomic E-state index is 8.69. The van der Waals surface area contributed by atoms with Gasteiger partial charge in [-0.25, -0.2) is 9.67 Å². The quantitative estimate of drug-likeness (QED) is 0.773. The summed E-state index contributed by atoms with van der Waals surface area (Å²) < 4.78 is 1.80. The number of nitriles is 1. The normalized spacial score (nSPS) is 19.7. The lowest BCUT2D eigenvalue weighted by atomic mass is 9.82. The predicted octanol–water partition coefficient (Wildman–Crippen LogP) is 0.768. The minimum Gasteiger partial charge on any atom is -0.328 e. The van der Waals surface area contributed by atoms with Gasteiger partial charge in [-0.1, -0.05) is 19.3 Å². The lowest BCUT2D eigenvalue weighted by molar-refractivity contribution is 0.182. The third-order valence-corrected chi connectivity index (χ3v) is 3.24. The molecule has 0 spiro atoms. The van der Waals surface area contributed by atoms with E-state index < -0.39 is 0 Å². The molecule has 1 fully saturated rings. The molecular weight excluding hydrogens is 190 g/mol. The molecule has 0 saturated heterocycles. The van der Waals surface area contributed by atoms with Crippen LogP contribution in [0.2, 0.25) is 0 Å². The molecule has 2 rings (SSSR count). The molecule has 0 bridgehead atoms. The Labute approximate surface area is 88.9 Å². The van der Waals surface area contributed by atoms with Crippen molar-refractivity contribution < 1.29 is 0 Å². The minimum atomic E-state index is -0.0969. The van der Waals surface area contributed by atoms with Gasteiger partial charge in [-0.2, -0.15) is 5.26 Å². The highest BCUT2D eigenvalue weighted by Crippen LogP contribution is 2.33. The first-order valence-electron chi connectivity index (χ1n) is 5.33. The molecule has 1 heterocycles. The lowest BCUT2D eigenvalue weighted by Crippen LogP contribution is -2.43. The van der Waals surface area contributed by atoms with Crippen LogP contribution in [0.25, 0.3) is 0 Å². The monoisotopic (exact) mass is 205 g/mol. The fraction of sp³-hybridized carbons (Fsp3) is 0.700. The van der Waals surface area contributed by atoms with E-state index in [0.717, 1.165) is 12.8 Å². The van der Waals surface area contributed by atoms with Crippen molar-refractivity contribution in [1.82, 2.24) is 14.8 Å². The largest absolute Gasteiger partial charge is 0.328 e. The average Bonchev–Trinajstić information content (AvgIpc) is 2.79. The summed E-state index contributed by atoms with van der Waals surface area (Å²) in [7, 11) is 0. The van der Waals surface area contributed by atoms with Crippen LogP contribution >= 0.6 is 0 Å². The Bertz CT molecular complexity index is 369. The van der Waals surface area contributed by atoms with Crippen molar-refractivity contribution in [1.29, 1.82) is 5.26 Å². The van der Waals surface area contributed by atoms with Gasteiger partial charge in [0.25, 0.3) is 5.82 Å². The van der Waals surface area contributed by atoms with Crippen molar-refractivity contribution in [2.75, 3.05) is 6.54 Å². The Kier molecular flexibility index (Phi) is 2.69. The van der Waals surface area contributed by atoms with E-state index in [0.29, 0.717) is 6.54 Å². The van der Waals surface area contributed by atoms with Crippen molar-refractivity contribution in [3.63, 3.8) is 0 Å². The van der Waals surface area contributed by atoms with Crippen LogP contribution in [0.5, 0.6) is 0 Å². The van der Waals surface area contributed by atoms with Gasteiger partial charge < -0.3 is 5.73 Å². The van der Waals surface area contributed by atoms with E-state index in [1.807, 2.05) is 6.07 Å². The zero-order chi connectivity index (χ0) is 10.7. The highest BCUT2D eigenvalue weighted by atomic mass is 15.4. The van der Waals surface area contributed by atoms with Gasteiger partial charge in [0.15, 0.2) is 0 Å². The van der Waals surface area contributed by atoms with Crippen LogP contribution in [0, 0.1) is 11.3 Å². The Morgan fingerprint density at radius 1 is 1.47 bits per heavy atom. The fourth-order valence-electron chi connectivity index (χ4n) is 2.28. The van der Waals surface area contributed by atoms with Crippen LogP contribution < -0.4 is 5.73 Å². The lowest BCUT2D eigenvalue weighted by Gasteiger charge is -2.35. The third-order valence-electron chi connectivity index (χ3n) is 3.24. The van der Waals surface area contributed by atoms with E-state index in [-0.39, 0.29) is 11.4 Å². The Balaban J connectivity index is 2.28.